The maximum Gasteiger partial charge on any atom is 0.159 e. The van der Waals surface area contributed by atoms with Crippen LogP contribution in [0.15, 0.2) is 42.5 Å². The largest absolute Gasteiger partial charge is 0.494 e. The molecule has 4 nitrogen and oxygen atoms in total. The Morgan fingerprint density at radius 2 is 1.74 bits per heavy atom. The maximum atomic E-state index is 14.3. The summed E-state index contributed by atoms with van der Waals surface area (Å²) in [6.07, 6.45) is 0.874. The molecule has 27 heavy (non-hydrogen) atoms. The Morgan fingerprint density at radius 3 is 2.37 bits per heavy atom. The predicted octanol–water partition coefficient (Wildman–Crippen LogP) is 3.76. The average Bonchev–Trinajstić information content (AvgIpc) is 2.67. The van der Waals surface area contributed by atoms with E-state index < -0.39 is 0 Å². The van der Waals surface area contributed by atoms with Gasteiger partial charge < -0.3 is 9.64 Å². The van der Waals surface area contributed by atoms with Gasteiger partial charge in [-0.3, -0.25) is 9.69 Å². The minimum absolute atomic E-state index is 0.131. The van der Waals surface area contributed by atoms with E-state index in [9.17, 15) is 13.6 Å². The molecule has 1 saturated heterocycles. The van der Waals surface area contributed by atoms with Gasteiger partial charge in [-0.25, -0.2) is 8.78 Å². The van der Waals surface area contributed by atoms with Crippen molar-refractivity contribution in [1.29, 1.82) is 0 Å². The Bertz CT molecular complexity index is 772. The molecule has 1 aliphatic heterocycles. The third-order valence-electron chi connectivity index (χ3n) is 4.77. The number of hydrogen-bond acceptors (Lipinski definition) is 4. The number of rotatable bonds is 7. The number of anilines is 1. The monoisotopic (exact) mass is 374 g/mol. The highest BCUT2D eigenvalue weighted by atomic mass is 19.1. The zero-order chi connectivity index (χ0) is 19.2. The molecule has 0 aliphatic carbocycles. The van der Waals surface area contributed by atoms with E-state index in [4.69, 9.17) is 4.74 Å². The topological polar surface area (TPSA) is 32.8 Å². The highest BCUT2D eigenvalue weighted by molar-refractivity contribution is 5.94. The first-order valence-electron chi connectivity index (χ1n) is 9.19. The van der Waals surface area contributed by atoms with Gasteiger partial charge in [-0.05, 0) is 55.8 Å². The van der Waals surface area contributed by atoms with Gasteiger partial charge in [0.2, 0.25) is 0 Å². The molecule has 0 N–H and O–H groups in total. The van der Waals surface area contributed by atoms with Crippen molar-refractivity contribution in [2.24, 2.45) is 0 Å². The van der Waals surface area contributed by atoms with Crippen LogP contribution in [0, 0.1) is 11.6 Å². The van der Waals surface area contributed by atoms with Crippen LogP contribution in [0.2, 0.25) is 0 Å². The molecule has 1 aliphatic rings. The van der Waals surface area contributed by atoms with E-state index in [1.807, 2.05) is 4.90 Å². The first-order valence-corrected chi connectivity index (χ1v) is 9.19. The van der Waals surface area contributed by atoms with Crippen LogP contribution in [-0.2, 0) is 0 Å². The van der Waals surface area contributed by atoms with Gasteiger partial charge in [0, 0.05) is 38.3 Å². The molecule has 0 saturated carbocycles. The zero-order valence-corrected chi connectivity index (χ0v) is 15.5. The van der Waals surface area contributed by atoms with E-state index in [-0.39, 0.29) is 17.4 Å². The average molecular weight is 374 g/mol. The summed E-state index contributed by atoms with van der Waals surface area (Å²) in [4.78, 5) is 15.7. The van der Waals surface area contributed by atoms with Crippen molar-refractivity contribution >= 4 is 11.5 Å². The number of hydrogen-bond donors (Lipinski definition) is 0. The molecule has 0 bridgehead atoms. The second kappa shape index (κ2) is 8.95. The van der Waals surface area contributed by atoms with Crippen LogP contribution < -0.4 is 9.64 Å². The number of carbonyl (C=O) groups is 1. The van der Waals surface area contributed by atoms with Crippen LogP contribution >= 0.6 is 0 Å². The lowest BCUT2D eigenvalue weighted by atomic mass is 10.1. The molecule has 2 aromatic carbocycles. The highest BCUT2D eigenvalue weighted by Crippen LogP contribution is 2.22. The van der Waals surface area contributed by atoms with E-state index >= 15 is 0 Å². The van der Waals surface area contributed by atoms with E-state index in [1.54, 1.807) is 24.3 Å². The minimum atomic E-state index is -0.344. The van der Waals surface area contributed by atoms with Gasteiger partial charge in [0.25, 0.3) is 0 Å². The van der Waals surface area contributed by atoms with Crippen molar-refractivity contribution in [1.82, 2.24) is 4.90 Å². The molecule has 1 heterocycles. The van der Waals surface area contributed by atoms with Gasteiger partial charge >= 0.3 is 0 Å². The lowest BCUT2D eigenvalue weighted by Crippen LogP contribution is -2.47. The Hall–Kier alpha value is -2.47. The van der Waals surface area contributed by atoms with Gasteiger partial charge in [0.15, 0.2) is 5.78 Å². The summed E-state index contributed by atoms with van der Waals surface area (Å²) < 4.78 is 32.7. The number of nitrogens with zero attached hydrogens (tertiary/aromatic N) is 2. The molecular weight excluding hydrogens is 350 g/mol. The van der Waals surface area contributed by atoms with Crippen molar-refractivity contribution in [2.75, 3.05) is 44.2 Å². The van der Waals surface area contributed by atoms with Gasteiger partial charge in [0.05, 0.1) is 12.3 Å². The number of benzene rings is 2. The third-order valence-corrected chi connectivity index (χ3v) is 4.77. The van der Waals surface area contributed by atoms with E-state index in [1.165, 1.54) is 25.1 Å². The second-order valence-electron chi connectivity index (χ2n) is 6.71. The summed E-state index contributed by atoms with van der Waals surface area (Å²) in [5, 5.41) is 0. The van der Waals surface area contributed by atoms with Crippen molar-refractivity contribution in [3.63, 3.8) is 0 Å². The molecule has 0 aromatic heterocycles. The fourth-order valence-corrected chi connectivity index (χ4v) is 3.20. The number of Topliss-reactive ketones (excluding diaryl/α,β-unsaturated/α-hetero) is 1. The van der Waals surface area contributed by atoms with Crippen LogP contribution in [0.4, 0.5) is 14.5 Å². The van der Waals surface area contributed by atoms with Gasteiger partial charge in [-0.2, -0.15) is 0 Å². The molecule has 0 atom stereocenters. The molecule has 6 heteroatoms. The lowest BCUT2D eigenvalue weighted by molar-refractivity contribution is 0.101. The summed E-state index contributed by atoms with van der Waals surface area (Å²) >= 11 is 0. The molecule has 1 fully saturated rings. The molecule has 0 radical (unpaired) electrons. The Balaban J connectivity index is 1.41. The first kappa shape index (κ1) is 19.3. The molecule has 2 aromatic rings. The molecule has 3 rings (SSSR count). The molecule has 0 spiro atoms. The number of ketones is 1. The fourth-order valence-electron chi connectivity index (χ4n) is 3.20. The summed E-state index contributed by atoms with van der Waals surface area (Å²) in [6.45, 7) is 6.11. The molecular formula is C21H24F2N2O2. The Morgan fingerprint density at radius 1 is 1.04 bits per heavy atom. The Labute approximate surface area is 158 Å². The van der Waals surface area contributed by atoms with Crippen molar-refractivity contribution in [3.05, 3.63) is 59.7 Å². The summed E-state index contributed by atoms with van der Waals surface area (Å²) in [7, 11) is 0. The fraction of sp³-hybridized carbons (Fsp3) is 0.381. The summed E-state index contributed by atoms with van der Waals surface area (Å²) in [6, 6.07) is 10.7. The van der Waals surface area contributed by atoms with Crippen LogP contribution in [0.5, 0.6) is 5.75 Å². The number of carbonyl (C=O) groups excluding carboxylic acids is 1. The Kier molecular flexibility index (Phi) is 6.40. The predicted molar refractivity (Wildman–Crippen MR) is 102 cm³/mol. The zero-order valence-electron chi connectivity index (χ0n) is 15.5. The minimum Gasteiger partial charge on any atom is -0.494 e. The van der Waals surface area contributed by atoms with Crippen molar-refractivity contribution < 1.29 is 18.3 Å². The highest BCUT2D eigenvalue weighted by Gasteiger charge is 2.19. The number of ether oxygens (including phenoxy) is 1. The lowest BCUT2D eigenvalue weighted by Gasteiger charge is -2.36. The van der Waals surface area contributed by atoms with E-state index in [0.717, 1.165) is 39.1 Å². The first-order chi connectivity index (χ1) is 13.0. The second-order valence-corrected chi connectivity index (χ2v) is 6.71. The van der Waals surface area contributed by atoms with Crippen molar-refractivity contribution in [3.8, 4) is 5.75 Å². The van der Waals surface area contributed by atoms with Gasteiger partial charge in [0.1, 0.15) is 17.4 Å². The van der Waals surface area contributed by atoms with Crippen molar-refractivity contribution in [2.45, 2.75) is 13.3 Å². The number of halogens is 2. The molecule has 144 valence electrons. The van der Waals surface area contributed by atoms with Crippen LogP contribution in [0.1, 0.15) is 23.7 Å². The molecule has 0 unspecified atom stereocenters. The third kappa shape index (κ3) is 5.26. The maximum absolute atomic E-state index is 14.3. The summed E-state index contributed by atoms with van der Waals surface area (Å²) in [5.74, 6) is -0.0738. The standard InChI is InChI=1S/C21H24F2N2O2/c1-16(26)17-3-8-21(20(23)15-17)25-12-10-24(11-13-25)9-2-14-27-19-6-4-18(22)5-7-19/h3-8,15H,2,9-14H2,1H3. The quantitative estimate of drug-likeness (QED) is 0.546. The summed E-state index contributed by atoms with van der Waals surface area (Å²) in [5.41, 5.74) is 0.954. The normalized spacial score (nSPS) is 15.0. The number of piperazine rings is 1. The molecule has 0 amide bonds. The van der Waals surface area contributed by atoms with Gasteiger partial charge in [-0.1, -0.05) is 0 Å². The van der Waals surface area contributed by atoms with Crippen LogP contribution in [0.25, 0.3) is 0 Å². The SMILES string of the molecule is CC(=O)c1ccc(N2CCN(CCCOc3ccc(F)cc3)CC2)c(F)c1. The van der Waals surface area contributed by atoms with E-state index in [2.05, 4.69) is 4.90 Å². The van der Waals surface area contributed by atoms with Crippen LogP contribution in [0.3, 0.4) is 0 Å². The van der Waals surface area contributed by atoms with Crippen LogP contribution in [-0.4, -0.2) is 50.0 Å². The smallest absolute Gasteiger partial charge is 0.159 e. The van der Waals surface area contributed by atoms with Gasteiger partial charge in [-0.15, -0.1) is 0 Å². The van der Waals surface area contributed by atoms with E-state index in [0.29, 0.717) is 23.6 Å².